The molecule has 0 bridgehead atoms. The Kier molecular flexibility index (Phi) is 28.7. The zero-order valence-corrected chi connectivity index (χ0v) is 38.4. The molecule has 2 aromatic carbocycles. The van der Waals surface area contributed by atoms with Gasteiger partial charge in [-0.2, -0.15) is 0 Å². The van der Waals surface area contributed by atoms with Gasteiger partial charge in [-0.05, 0) is 30.4 Å². The van der Waals surface area contributed by atoms with Crippen LogP contribution in [0.1, 0.15) is 140 Å². The standard InChI is InChI=1S/C49H70N4O13/c54-42(50-31-33-62-37-44(56)51-32-34-63-38-48(60)66-53-45(57)29-30-46(53)58)28-27-41(49(61)65-36-40-23-17-14-18-24-40)52-43(55)25-19-11-9-7-5-3-1-2-4-6-8-10-12-20-26-47(59)64-35-39-21-15-13-16-22-39/h13-18,21-24,41H,1-12,19-20,25-38H2,(H,50,54)(H,51,56)(H,52,55). The van der Waals surface area contributed by atoms with Crippen molar-refractivity contribution in [2.24, 2.45) is 0 Å². The first-order chi connectivity index (χ1) is 32.1. The van der Waals surface area contributed by atoms with Crippen molar-refractivity contribution < 1.29 is 62.1 Å². The van der Waals surface area contributed by atoms with Gasteiger partial charge in [-0.15, -0.1) is 5.06 Å². The SMILES string of the molecule is O=C(CCC(NC(=O)CCCCCCCCCCCCCCCCC(=O)OCc1ccccc1)C(=O)OCc1ccccc1)NCCOCC(=O)NCCOCC(=O)ON1C(=O)CCC1=O. The van der Waals surface area contributed by atoms with Gasteiger partial charge < -0.3 is 39.7 Å². The Hall–Kier alpha value is -5.68. The minimum absolute atomic E-state index is 0.0174. The second kappa shape index (κ2) is 34.6. The van der Waals surface area contributed by atoms with Crippen LogP contribution in [-0.4, -0.2) is 98.1 Å². The third-order valence-corrected chi connectivity index (χ3v) is 10.6. The van der Waals surface area contributed by atoms with Crippen molar-refractivity contribution >= 4 is 47.4 Å². The number of imide groups is 1. The Balaban J connectivity index is 1.17. The third-order valence-electron chi connectivity index (χ3n) is 10.6. The number of esters is 2. The molecule has 17 nitrogen and oxygen atoms in total. The number of rotatable bonds is 37. The van der Waals surface area contributed by atoms with Crippen LogP contribution < -0.4 is 16.0 Å². The molecule has 17 heteroatoms. The molecule has 0 aliphatic carbocycles. The van der Waals surface area contributed by atoms with E-state index in [1.807, 2.05) is 60.7 Å². The quantitative estimate of drug-likeness (QED) is 0.0412. The molecule has 0 radical (unpaired) electrons. The van der Waals surface area contributed by atoms with E-state index in [0.717, 1.165) is 49.7 Å². The molecule has 2 aromatic rings. The number of hydrogen-bond donors (Lipinski definition) is 3. The first-order valence-electron chi connectivity index (χ1n) is 23.6. The van der Waals surface area contributed by atoms with E-state index in [4.69, 9.17) is 18.9 Å². The summed E-state index contributed by atoms with van der Waals surface area (Å²) in [5.74, 6) is -3.95. The highest BCUT2D eigenvalue weighted by Crippen LogP contribution is 2.15. The van der Waals surface area contributed by atoms with Crippen LogP contribution >= 0.6 is 0 Å². The normalized spacial score (nSPS) is 12.6. The molecule has 5 amide bonds. The Bertz CT molecular complexity index is 1750. The molecule has 1 unspecified atom stereocenters. The van der Waals surface area contributed by atoms with Crippen molar-refractivity contribution in [3.8, 4) is 0 Å². The van der Waals surface area contributed by atoms with Gasteiger partial charge in [0.05, 0.1) is 13.2 Å². The van der Waals surface area contributed by atoms with Gasteiger partial charge in [-0.25, -0.2) is 9.59 Å². The minimum Gasteiger partial charge on any atom is -0.461 e. The number of ether oxygens (including phenoxy) is 4. The fraction of sp³-hybridized carbons (Fsp3) is 0.592. The first-order valence-corrected chi connectivity index (χ1v) is 23.6. The largest absolute Gasteiger partial charge is 0.461 e. The van der Waals surface area contributed by atoms with Crippen LogP contribution in [-0.2, 0) is 75.4 Å². The second-order valence-corrected chi connectivity index (χ2v) is 16.2. The summed E-state index contributed by atoms with van der Waals surface area (Å²) in [5, 5.41) is 8.40. The monoisotopic (exact) mass is 922 g/mol. The Labute approximate surface area is 388 Å². The van der Waals surface area contributed by atoms with Crippen molar-refractivity contribution in [2.45, 2.75) is 148 Å². The molecule has 3 N–H and O–H groups in total. The zero-order valence-electron chi connectivity index (χ0n) is 38.4. The molecule has 3 rings (SSSR count). The highest BCUT2D eigenvalue weighted by Gasteiger charge is 2.32. The molecule has 1 atom stereocenters. The summed E-state index contributed by atoms with van der Waals surface area (Å²) in [5.41, 5.74) is 1.80. The van der Waals surface area contributed by atoms with Gasteiger partial charge in [0, 0.05) is 45.2 Å². The maximum Gasteiger partial charge on any atom is 0.358 e. The van der Waals surface area contributed by atoms with Crippen LogP contribution in [0.4, 0.5) is 0 Å². The van der Waals surface area contributed by atoms with Gasteiger partial charge >= 0.3 is 17.9 Å². The maximum atomic E-state index is 13.0. The third kappa shape index (κ3) is 26.3. The lowest BCUT2D eigenvalue weighted by molar-refractivity contribution is -0.200. The van der Waals surface area contributed by atoms with Crippen LogP contribution in [0.5, 0.6) is 0 Å². The summed E-state index contributed by atoms with van der Waals surface area (Å²) in [6.07, 6.45) is 16.0. The van der Waals surface area contributed by atoms with E-state index in [9.17, 15) is 38.4 Å². The van der Waals surface area contributed by atoms with Gasteiger partial charge in [0.1, 0.15) is 32.5 Å². The summed E-state index contributed by atoms with van der Waals surface area (Å²) in [6, 6.07) is 17.9. The number of nitrogens with zero attached hydrogens (tertiary/aromatic N) is 1. The number of benzene rings is 2. The molecule has 66 heavy (non-hydrogen) atoms. The van der Waals surface area contributed by atoms with Gasteiger partial charge in [-0.3, -0.25) is 28.8 Å². The van der Waals surface area contributed by atoms with E-state index in [0.29, 0.717) is 24.5 Å². The van der Waals surface area contributed by atoms with Crippen molar-refractivity contribution in [3.63, 3.8) is 0 Å². The summed E-state index contributed by atoms with van der Waals surface area (Å²) in [6.45, 7) is -0.270. The van der Waals surface area contributed by atoms with E-state index in [1.165, 1.54) is 44.9 Å². The molecule has 0 spiro atoms. The number of carbonyl (C=O) groups is 8. The number of carbonyl (C=O) groups excluding carboxylic acids is 8. The van der Waals surface area contributed by atoms with E-state index in [2.05, 4.69) is 20.8 Å². The Morgan fingerprint density at radius 2 is 0.985 bits per heavy atom. The highest BCUT2D eigenvalue weighted by molar-refractivity contribution is 6.01. The second-order valence-electron chi connectivity index (χ2n) is 16.2. The number of hydrogen-bond acceptors (Lipinski definition) is 13. The molecule has 0 aromatic heterocycles. The molecular weight excluding hydrogens is 853 g/mol. The smallest absolute Gasteiger partial charge is 0.358 e. The number of amides is 5. The van der Waals surface area contributed by atoms with Crippen molar-refractivity contribution in [1.82, 2.24) is 21.0 Å². The fourth-order valence-electron chi connectivity index (χ4n) is 6.88. The summed E-state index contributed by atoms with van der Waals surface area (Å²) in [7, 11) is 0. The van der Waals surface area contributed by atoms with Crippen LogP contribution in [0.25, 0.3) is 0 Å². The van der Waals surface area contributed by atoms with E-state index in [1.54, 1.807) is 0 Å². The molecule has 1 fully saturated rings. The lowest BCUT2D eigenvalue weighted by Gasteiger charge is -2.18. The van der Waals surface area contributed by atoms with E-state index >= 15 is 0 Å². The van der Waals surface area contributed by atoms with E-state index < -0.39 is 42.3 Å². The number of unbranched alkanes of at least 4 members (excludes halogenated alkanes) is 13. The summed E-state index contributed by atoms with van der Waals surface area (Å²) >= 11 is 0. The molecular formula is C49H70N4O13. The molecule has 1 aliphatic rings. The topological polar surface area (TPSA) is 222 Å². The summed E-state index contributed by atoms with van der Waals surface area (Å²) in [4.78, 5) is 102. The molecule has 1 saturated heterocycles. The molecule has 1 heterocycles. The van der Waals surface area contributed by atoms with Crippen molar-refractivity contribution in [2.75, 3.05) is 39.5 Å². The molecule has 0 saturated carbocycles. The van der Waals surface area contributed by atoms with Crippen LogP contribution in [0, 0.1) is 0 Å². The number of nitrogens with one attached hydrogen (secondary N) is 3. The fourth-order valence-corrected chi connectivity index (χ4v) is 6.88. The van der Waals surface area contributed by atoms with Crippen molar-refractivity contribution in [3.05, 3.63) is 71.8 Å². The summed E-state index contributed by atoms with van der Waals surface area (Å²) < 4.78 is 21.2. The number of hydroxylamine groups is 2. The van der Waals surface area contributed by atoms with Crippen LogP contribution in [0.3, 0.4) is 0 Å². The molecule has 1 aliphatic heterocycles. The van der Waals surface area contributed by atoms with Gasteiger partial charge in [0.15, 0.2) is 0 Å². The first kappa shape index (κ1) is 54.7. The van der Waals surface area contributed by atoms with Crippen molar-refractivity contribution in [1.29, 1.82) is 0 Å². The van der Waals surface area contributed by atoms with Crippen LogP contribution in [0.15, 0.2) is 60.7 Å². The minimum atomic E-state index is -0.999. The predicted octanol–water partition coefficient (Wildman–Crippen LogP) is 5.85. The van der Waals surface area contributed by atoms with Crippen LogP contribution in [0.2, 0.25) is 0 Å². The lowest BCUT2D eigenvalue weighted by atomic mass is 10.0. The predicted molar refractivity (Wildman–Crippen MR) is 242 cm³/mol. The van der Waals surface area contributed by atoms with E-state index in [-0.39, 0.29) is 89.4 Å². The lowest BCUT2D eigenvalue weighted by Crippen LogP contribution is -2.42. The highest BCUT2D eigenvalue weighted by atomic mass is 16.7. The average molecular weight is 923 g/mol. The Morgan fingerprint density at radius 3 is 1.53 bits per heavy atom. The molecule has 364 valence electrons. The average Bonchev–Trinajstić information content (AvgIpc) is 3.63. The maximum absolute atomic E-state index is 13.0. The van der Waals surface area contributed by atoms with Gasteiger partial charge in [0.2, 0.25) is 17.7 Å². The van der Waals surface area contributed by atoms with Gasteiger partial charge in [0.25, 0.3) is 11.8 Å². The zero-order chi connectivity index (χ0) is 47.5. The van der Waals surface area contributed by atoms with Gasteiger partial charge in [-0.1, -0.05) is 138 Å². The Morgan fingerprint density at radius 1 is 0.515 bits per heavy atom.